The Morgan fingerprint density at radius 3 is 2.33 bits per heavy atom. The molecule has 0 radical (unpaired) electrons. The fourth-order valence-corrected chi connectivity index (χ4v) is 1.50. The molecule has 1 amide bonds. The third-order valence-electron chi connectivity index (χ3n) is 2.54. The average Bonchev–Trinajstić information content (AvgIpc) is 2.35. The van der Waals surface area contributed by atoms with Crippen molar-refractivity contribution in [1.29, 1.82) is 0 Å². The van der Waals surface area contributed by atoms with Gasteiger partial charge in [0, 0.05) is 6.54 Å². The minimum absolute atomic E-state index is 0.129. The Kier molecular flexibility index (Phi) is 6.53. The Hall–Kier alpha value is -0.750. The summed E-state index contributed by atoms with van der Waals surface area (Å²) in [5.41, 5.74) is -0.270. The summed E-state index contributed by atoms with van der Waals surface area (Å²) in [7, 11) is 0. The van der Waals surface area contributed by atoms with Gasteiger partial charge < -0.3 is 10.1 Å². The molecule has 0 spiro atoms. The number of ether oxygens (including phenoxy) is 1. The maximum absolute atomic E-state index is 11.7. The Labute approximate surface area is 144 Å². The Morgan fingerprint density at radius 2 is 1.81 bits per heavy atom. The molecule has 1 aromatic rings. The molecular formula is C13H15Cl3N2O2S. The first-order valence-corrected chi connectivity index (χ1v) is 7.54. The smallest absolute Gasteiger partial charge is 0.414 e. The number of nitrogens with one attached hydrogen (secondary N) is 2. The second-order valence-electron chi connectivity index (χ2n) is 4.69. The number of benzene rings is 1. The molecule has 4 nitrogen and oxygen atoms in total. The molecular weight excluding hydrogens is 355 g/mol. The van der Waals surface area contributed by atoms with E-state index in [1.807, 2.05) is 30.3 Å². The van der Waals surface area contributed by atoms with Crippen molar-refractivity contribution in [3.63, 3.8) is 0 Å². The monoisotopic (exact) mass is 368 g/mol. The summed E-state index contributed by atoms with van der Waals surface area (Å²) in [5.74, 6) is 0. The number of hydrogen-bond donors (Lipinski definition) is 2. The molecule has 0 aliphatic carbocycles. The van der Waals surface area contributed by atoms with Gasteiger partial charge >= 0.3 is 6.09 Å². The highest BCUT2D eigenvalue weighted by atomic mass is 35.6. The van der Waals surface area contributed by atoms with Crippen molar-refractivity contribution >= 4 is 58.2 Å². The molecule has 8 heteroatoms. The van der Waals surface area contributed by atoms with Crippen LogP contribution in [0.15, 0.2) is 30.3 Å². The largest absolute Gasteiger partial charge is 0.439 e. The van der Waals surface area contributed by atoms with Crippen LogP contribution in [-0.2, 0) is 11.3 Å². The number of carbonyl (C=O) groups excluding carboxylic acids is 1. The molecule has 0 aliphatic rings. The van der Waals surface area contributed by atoms with E-state index in [0.717, 1.165) is 5.56 Å². The van der Waals surface area contributed by atoms with Crippen molar-refractivity contribution in [3.05, 3.63) is 35.9 Å². The van der Waals surface area contributed by atoms with E-state index in [0.29, 0.717) is 6.54 Å². The average molecular weight is 370 g/mol. The third-order valence-corrected chi connectivity index (χ3v) is 4.15. The lowest BCUT2D eigenvalue weighted by Gasteiger charge is -2.31. The fourth-order valence-electron chi connectivity index (χ4n) is 1.23. The molecule has 0 heterocycles. The predicted octanol–water partition coefficient (Wildman–Crippen LogP) is 3.94. The van der Waals surface area contributed by atoms with Gasteiger partial charge in [-0.2, -0.15) is 0 Å². The molecule has 116 valence electrons. The van der Waals surface area contributed by atoms with Crippen molar-refractivity contribution in [1.82, 2.24) is 10.6 Å². The maximum atomic E-state index is 11.7. The number of thiocarbonyl (C=S) groups is 1. The molecule has 21 heavy (non-hydrogen) atoms. The molecule has 1 rings (SSSR count). The summed E-state index contributed by atoms with van der Waals surface area (Å²) in [6.07, 6.45) is -0.795. The van der Waals surface area contributed by atoms with Gasteiger partial charge in [0.1, 0.15) is 0 Å². The van der Waals surface area contributed by atoms with Gasteiger partial charge in [0.05, 0.1) is 0 Å². The van der Waals surface area contributed by atoms with Gasteiger partial charge in [-0.25, -0.2) is 4.79 Å². The van der Waals surface area contributed by atoms with Crippen molar-refractivity contribution in [3.8, 4) is 0 Å². The van der Waals surface area contributed by atoms with Crippen molar-refractivity contribution in [2.45, 2.75) is 29.8 Å². The van der Waals surface area contributed by atoms with Crippen LogP contribution in [0.4, 0.5) is 4.79 Å². The van der Waals surface area contributed by atoms with Gasteiger partial charge in [-0.3, -0.25) is 5.32 Å². The zero-order valence-electron chi connectivity index (χ0n) is 11.5. The van der Waals surface area contributed by atoms with Crippen molar-refractivity contribution in [2.24, 2.45) is 0 Å². The first kappa shape index (κ1) is 18.3. The second-order valence-corrected chi connectivity index (χ2v) is 7.38. The van der Waals surface area contributed by atoms with Crippen LogP contribution in [0.3, 0.4) is 0 Å². The Balaban J connectivity index is 2.43. The van der Waals surface area contributed by atoms with E-state index < -0.39 is 15.5 Å². The number of rotatable bonds is 3. The molecule has 0 bridgehead atoms. The van der Waals surface area contributed by atoms with Gasteiger partial charge in [-0.1, -0.05) is 65.1 Å². The summed E-state index contributed by atoms with van der Waals surface area (Å²) < 4.78 is 3.31. The summed E-state index contributed by atoms with van der Waals surface area (Å²) >= 11 is 22.2. The lowest BCUT2D eigenvalue weighted by molar-refractivity contribution is 0.0450. The van der Waals surface area contributed by atoms with E-state index in [1.54, 1.807) is 0 Å². The van der Waals surface area contributed by atoms with E-state index >= 15 is 0 Å². The fraction of sp³-hybridized carbons (Fsp3) is 0.385. The summed E-state index contributed by atoms with van der Waals surface area (Å²) in [4.78, 5) is 11.7. The highest BCUT2D eigenvalue weighted by Crippen LogP contribution is 2.40. The van der Waals surface area contributed by atoms with E-state index in [4.69, 9.17) is 51.8 Å². The van der Waals surface area contributed by atoms with Gasteiger partial charge in [0.2, 0.25) is 3.79 Å². The van der Waals surface area contributed by atoms with Gasteiger partial charge in [-0.15, -0.1) is 0 Å². The van der Waals surface area contributed by atoms with Crippen LogP contribution in [0.2, 0.25) is 0 Å². The number of alkyl halides is 3. The highest BCUT2D eigenvalue weighted by Gasteiger charge is 2.44. The van der Waals surface area contributed by atoms with Gasteiger partial charge in [0.15, 0.2) is 10.7 Å². The standard InChI is InChI=1S/C13H15Cl3N2O2S/c1-12(2,13(14,15)16)20-11(19)18-10(21)17-8-9-6-4-3-5-7-9/h3-7H,8H2,1-2H3,(H2,17,18,19,21). The Morgan fingerprint density at radius 1 is 1.24 bits per heavy atom. The normalized spacial score (nSPS) is 11.7. The number of alkyl carbamates (subject to hydrolysis) is 1. The molecule has 0 saturated heterocycles. The summed E-state index contributed by atoms with van der Waals surface area (Å²) in [6.45, 7) is 3.45. The Bertz CT molecular complexity index is 504. The van der Waals surface area contributed by atoms with E-state index in [2.05, 4.69) is 10.6 Å². The predicted molar refractivity (Wildman–Crippen MR) is 89.9 cm³/mol. The number of amides is 1. The zero-order valence-corrected chi connectivity index (χ0v) is 14.5. The van der Waals surface area contributed by atoms with E-state index in [9.17, 15) is 4.79 Å². The molecule has 0 aliphatic heterocycles. The third kappa shape index (κ3) is 6.26. The molecule has 0 atom stereocenters. The molecule has 0 fully saturated rings. The van der Waals surface area contributed by atoms with Gasteiger partial charge in [-0.05, 0) is 31.6 Å². The summed E-state index contributed by atoms with van der Waals surface area (Å²) in [5, 5.41) is 5.37. The van der Waals surface area contributed by atoms with Crippen molar-refractivity contribution < 1.29 is 9.53 Å². The maximum Gasteiger partial charge on any atom is 0.414 e. The van der Waals surface area contributed by atoms with Crippen LogP contribution >= 0.6 is 47.0 Å². The van der Waals surface area contributed by atoms with Crippen molar-refractivity contribution in [2.75, 3.05) is 0 Å². The quantitative estimate of drug-likeness (QED) is 0.626. The lowest BCUT2D eigenvalue weighted by atomic mass is 10.2. The number of hydrogen-bond acceptors (Lipinski definition) is 3. The second kappa shape index (κ2) is 7.49. The lowest BCUT2D eigenvalue weighted by Crippen LogP contribution is -2.47. The molecule has 1 aromatic carbocycles. The first-order chi connectivity index (χ1) is 9.62. The number of carbonyl (C=O) groups is 1. The number of halogens is 3. The molecule has 0 saturated carbocycles. The highest BCUT2D eigenvalue weighted by molar-refractivity contribution is 7.80. The minimum atomic E-state index is -1.75. The topological polar surface area (TPSA) is 50.4 Å². The summed E-state index contributed by atoms with van der Waals surface area (Å²) in [6, 6.07) is 9.59. The van der Waals surface area contributed by atoms with Crippen LogP contribution in [0.25, 0.3) is 0 Å². The van der Waals surface area contributed by atoms with E-state index in [-0.39, 0.29) is 5.11 Å². The van der Waals surface area contributed by atoms with Crippen LogP contribution in [-0.4, -0.2) is 20.6 Å². The zero-order chi connectivity index (χ0) is 16.1. The van der Waals surface area contributed by atoms with Crippen LogP contribution in [0.5, 0.6) is 0 Å². The molecule has 2 N–H and O–H groups in total. The van der Waals surface area contributed by atoms with Gasteiger partial charge in [0.25, 0.3) is 0 Å². The van der Waals surface area contributed by atoms with E-state index in [1.165, 1.54) is 13.8 Å². The SMILES string of the molecule is CC(C)(OC(=O)NC(=S)NCc1ccccc1)C(Cl)(Cl)Cl. The first-order valence-electron chi connectivity index (χ1n) is 6.00. The van der Waals surface area contributed by atoms with Crippen LogP contribution in [0.1, 0.15) is 19.4 Å². The molecule has 0 unspecified atom stereocenters. The van der Waals surface area contributed by atoms with Crippen LogP contribution < -0.4 is 10.6 Å². The van der Waals surface area contributed by atoms with Crippen LogP contribution in [0, 0.1) is 0 Å². The minimum Gasteiger partial charge on any atom is -0.439 e. The molecule has 0 aromatic heterocycles.